The fourth-order valence-electron chi connectivity index (χ4n) is 0.378. The summed E-state index contributed by atoms with van der Waals surface area (Å²) >= 11 is 5.22. The van der Waals surface area contributed by atoms with Gasteiger partial charge in [-0.05, 0) is 0 Å². The van der Waals surface area contributed by atoms with Crippen LogP contribution in [0.2, 0.25) is 0 Å². The number of thioether (sulfide) groups is 1. The third-order valence-corrected chi connectivity index (χ3v) is 1.96. The fraction of sp³-hybridized carbons (Fsp3) is 0.667. The van der Waals surface area contributed by atoms with Gasteiger partial charge in [0.2, 0.25) is 5.12 Å². The lowest BCUT2D eigenvalue weighted by atomic mass is 10.7. The van der Waals surface area contributed by atoms with Crippen molar-refractivity contribution in [2.24, 2.45) is 0 Å². The molecule has 0 bridgehead atoms. The molecule has 0 aromatic heterocycles. The molecule has 40 valence electrons. The van der Waals surface area contributed by atoms with Crippen LogP contribution < -0.4 is 5.32 Å². The Morgan fingerprint density at radius 1 is 2.00 bits per heavy atom. The molecular formula is C3H5NOS2. The van der Waals surface area contributed by atoms with Crippen LogP contribution in [0, 0.1) is 0 Å². The topological polar surface area (TPSA) is 29.1 Å². The Morgan fingerprint density at radius 2 is 2.71 bits per heavy atom. The maximum Gasteiger partial charge on any atom is 0.205 e. The van der Waals surface area contributed by atoms with Gasteiger partial charge in [-0.2, -0.15) is 0 Å². The van der Waals surface area contributed by atoms with E-state index in [2.05, 4.69) is 17.9 Å². The van der Waals surface area contributed by atoms with Gasteiger partial charge in [0.1, 0.15) is 4.71 Å². The summed E-state index contributed by atoms with van der Waals surface area (Å²) in [4.78, 5) is 10.3. The van der Waals surface area contributed by atoms with Crippen LogP contribution in [0.3, 0.4) is 0 Å². The van der Waals surface area contributed by atoms with Crippen LogP contribution in [0.4, 0.5) is 0 Å². The lowest BCUT2D eigenvalue weighted by Gasteiger charge is -1.91. The predicted octanol–water partition coefficient (Wildman–Crippen LogP) is 0.0628. The first-order valence-corrected chi connectivity index (χ1v) is 3.29. The van der Waals surface area contributed by atoms with Gasteiger partial charge in [0.15, 0.2) is 0 Å². The maximum absolute atomic E-state index is 10.3. The summed E-state index contributed by atoms with van der Waals surface area (Å²) in [5.41, 5.74) is 0. The van der Waals surface area contributed by atoms with E-state index in [0.29, 0.717) is 6.54 Å². The van der Waals surface area contributed by atoms with Crippen molar-refractivity contribution in [3.05, 3.63) is 0 Å². The molecule has 1 aliphatic rings. The fourth-order valence-corrected chi connectivity index (χ4v) is 1.40. The van der Waals surface area contributed by atoms with E-state index in [9.17, 15) is 4.79 Å². The van der Waals surface area contributed by atoms with Crippen molar-refractivity contribution in [2.45, 2.75) is 4.71 Å². The minimum Gasteiger partial charge on any atom is -0.289 e. The van der Waals surface area contributed by atoms with Gasteiger partial charge >= 0.3 is 0 Å². The molecule has 0 spiro atoms. The van der Waals surface area contributed by atoms with Crippen molar-refractivity contribution in [3.63, 3.8) is 0 Å². The summed E-state index contributed by atoms with van der Waals surface area (Å²) in [7, 11) is 0. The van der Waals surface area contributed by atoms with Crippen molar-refractivity contribution in [1.82, 2.24) is 5.32 Å². The van der Waals surface area contributed by atoms with Crippen LogP contribution in [0.15, 0.2) is 0 Å². The Hall–Kier alpha value is 0.330. The lowest BCUT2D eigenvalue weighted by molar-refractivity contribution is -0.109. The molecule has 1 aliphatic heterocycles. The quantitative estimate of drug-likeness (QED) is 0.460. The van der Waals surface area contributed by atoms with Crippen molar-refractivity contribution in [2.75, 3.05) is 6.54 Å². The summed E-state index contributed by atoms with van der Waals surface area (Å²) in [5, 5.41) is 3.03. The first kappa shape index (κ1) is 5.47. The molecule has 0 saturated carbocycles. The first-order valence-electron chi connectivity index (χ1n) is 1.90. The van der Waals surface area contributed by atoms with Gasteiger partial charge in [-0.3, -0.25) is 10.1 Å². The Morgan fingerprint density at radius 3 is 2.86 bits per heavy atom. The predicted molar refractivity (Wildman–Crippen MR) is 33.4 cm³/mol. The SMILES string of the molecule is O=C1CN[C@@H](S)S1. The van der Waals surface area contributed by atoms with E-state index in [4.69, 9.17) is 0 Å². The highest BCUT2D eigenvalue weighted by molar-refractivity contribution is 8.21. The van der Waals surface area contributed by atoms with Gasteiger partial charge < -0.3 is 0 Å². The average molecular weight is 135 g/mol. The van der Waals surface area contributed by atoms with Crippen molar-refractivity contribution >= 4 is 29.5 Å². The third kappa shape index (κ3) is 1.36. The van der Waals surface area contributed by atoms with Gasteiger partial charge in [0, 0.05) is 0 Å². The molecule has 1 fully saturated rings. The van der Waals surface area contributed by atoms with E-state index in [-0.39, 0.29) is 9.82 Å². The average Bonchev–Trinajstić information content (AvgIpc) is 1.87. The molecule has 1 rings (SSSR count). The molecule has 4 heteroatoms. The molecule has 1 heterocycles. The van der Waals surface area contributed by atoms with Gasteiger partial charge in [0.05, 0.1) is 6.54 Å². The summed E-state index contributed by atoms with van der Waals surface area (Å²) in [6.07, 6.45) is 0. The van der Waals surface area contributed by atoms with Gasteiger partial charge in [-0.15, -0.1) is 12.6 Å². The molecule has 1 N–H and O–H groups in total. The number of hydrogen-bond acceptors (Lipinski definition) is 4. The third-order valence-electron chi connectivity index (χ3n) is 0.664. The van der Waals surface area contributed by atoms with E-state index in [1.165, 1.54) is 11.8 Å². The normalized spacial score (nSPS) is 31.6. The summed E-state index contributed by atoms with van der Waals surface area (Å²) in [5.74, 6) is 0. The highest BCUT2D eigenvalue weighted by Crippen LogP contribution is 2.17. The summed E-state index contributed by atoms with van der Waals surface area (Å²) in [6.45, 7) is 0.471. The first-order chi connectivity index (χ1) is 3.29. The van der Waals surface area contributed by atoms with Crippen LogP contribution in [-0.2, 0) is 4.79 Å². The number of rotatable bonds is 0. The highest BCUT2D eigenvalue weighted by atomic mass is 32.2. The molecule has 0 radical (unpaired) electrons. The smallest absolute Gasteiger partial charge is 0.205 e. The number of carbonyl (C=O) groups is 1. The van der Waals surface area contributed by atoms with Crippen LogP contribution in [0.25, 0.3) is 0 Å². The molecule has 0 aromatic rings. The minimum atomic E-state index is 0.0347. The molecule has 1 atom stereocenters. The van der Waals surface area contributed by atoms with E-state index in [0.717, 1.165) is 0 Å². The zero-order valence-electron chi connectivity index (χ0n) is 3.55. The molecule has 0 aliphatic carbocycles. The van der Waals surface area contributed by atoms with Crippen LogP contribution in [0.1, 0.15) is 0 Å². The van der Waals surface area contributed by atoms with Gasteiger partial charge in [0.25, 0.3) is 0 Å². The lowest BCUT2D eigenvalue weighted by Crippen LogP contribution is -2.13. The Labute approximate surface area is 51.5 Å². The van der Waals surface area contributed by atoms with E-state index < -0.39 is 0 Å². The Bertz CT molecular complexity index is 94.9. The van der Waals surface area contributed by atoms with Crippen LogP contribution in [0.5, 0.6) is 0 Å². The van der Waals surface area contributed by atoms with Crippen molar-refractivity contribution in [3.8, 4) is 0 Å². The largest absolute Gasteiger partial charge is 0.289 e. The van der Waals surface area contributed by atoms with Gasteiger partial charge in [-0.1, -0.05) is 11.8 Å². The van der Waals surface area contributed by atoms with E-state index >= 15 is 0 Å². The van der Waals surface area contributed by atoms with E-state index in [1.807, 2.05) is 0 Å². The second-order valence-electron chi connectivity index (χ2n) is 1.22. The molecule has 0 aromatic carbocycles. The molecule has 1 saturated heterocycles. The summed E-state index contributed by atoms with van der Waals surface area (Å²) in [6, 6.07) is 0. The Kier molecular flexibility index (Phi) is 1.61. The molecular weight excluding hydrogens is 130 g/mol. The molecule has 0 amide bonds. The molecule has 7 heavy (non-hydrogen) atoms. The maximum atomic E-state index is 10.3. The number of thiol groups is 1. The number of carbonyl (C=O) groups excluding carboxylic acids is 1. The molecule has 2 nitrogen and oxygen atoms in total. The second kappa shape index (κ2) is 2.07. The minimum absolute atomic E-state index is 0.0347. The zero-order valence-corrected chi connectivity index (χ0v) is 5.26. The number of nitrogens with one attached hydrogen (secondary N) is 1. The second-order valence-corrected chi connectivity index (χ2v) is 3.25. The molecule has 0 unspecified atom stereocenters. The number of hydrogen-bond donors (Lipinski definition) is 2. The standard InChI is InChI=1S/C3H5NOS2/c5-2-1-4-3(6)7-2/h3-4,6H,1H2/t3-/m0/s1. The van der Waals surface area contributed by atoms with Gasteiger partial charge in [-0.25, -0.2) is 0 Å². The van der Waals surface area contributed by atoms with Crippen LogP contribution in [-0.4, -0.2) is 16.4 Å². The highest BCUT2D eigenvalue weighted by Gasteiger charge is 2.17. The van der Waals surface area contributed by atoms with E-state index in [1.54, 1.807) is 0 Å². The van der Waals surface area contributed by atoms with Crippen molar-refractivity contribution < 1.29 is 4.79 Å². The zero-order chi connectivity index (χ0) is 5.28. The monoisotopic (exact) mass is 135 g/mol. The van der Waals surface area contributed by atoms with Crippen LogP contribution >= 0.6 is 24.4 Å². The Balaban J connectivity index is 2.40. The summed E-state index contributed by atoms with van der Waals surface area (Å²) < 4.78 is 0.0347. The van der Waals surface area contributed by atoms with Crippen molar-refractivity contribution in [1.29, 1.82) is 0 Å².